The first kappa shape index (κ1) is 15.2. The van der Waals surface area contributed by atoms with Crippen LogP contribution in [0.15, 0.2) is 43.0 Å². The summed E-state index contributed by atoms with van der Waals surface area (Å²) < 4.78 is 7.85. The molecule has 0 radical (unpaired) electrons. The SMILES string of the molecule is O=C(c1ccc(OCC2CC2)cc1)N1CCC[C@@H](n2ccnc2)C1. The number of aromatic nitrogens is 2. The molecular weight excluding hydrogens is 302 g/mol. The summed E-state index contributed by atoms with van der Waals surface area (Å²) in [4.78, 5) is 18.8. The molecule has 0 spiro atoms. The number of rotatable bonds is 5. The number of piperidine rings is 1. The minimum atomic E-state index is 0.105. The fourth-order valence-corrected chi connectivity index (χ4v) is 3.24. The van der Waals surface area contributed by atoms with Gasteiger partial charge in [-0.1, -0.05) is 0 Å². The summed E-state index contributed by atoms with van der Waals surface area (Å²) >= 11 is 0. The molecule has 5 nitrogen and oxygen atoms in total. The maximum absolute atomic E-state index is 12.8. The first-order valence-corrected chi connectivity index (χ1v) is 8.79. The summed E-state index contributed by atoms with van der Waals surface area (Å²) in [7, 11) is 0. The number of carbonyl (C=O) groups excluding carboxylic acids is 1. The van der Waals surface area contributed by atoms with E-state index in [1.807, 2.05) is 41.7 Å². The van der Waals surface area contributed by atoms with Gasteiger partial charge in [-0.25, -0.2) is 4.98 Å². The highest BCUT2D eigenvalue weighted by Crippen LogP contribution is 2.29. The van der Waals surface area contributed by atoms with Crippen molar-refractivity contribution in [3.8, 4) is 5.75 Å². The zero-order valence-electron chi connectivity index (χ0n) is 13.8. The Bertz CT molecular complexity index is 677. The Hall–Kier alpha value is -2.30. The predicted octanol–water partition coefficient (Wildman–Crippen LogP) is 3.15. The van der Waals surface area contributed by atoms with Gasteiger partial charge in [0.05, 0.1) is 19.0 Å². The number of imidazole rings is 1. The lowest BCUT2D eigenvalue weighted by atomic mass is 10.0. The molecule has 24 heavy (non-hydrogen) atoms. The minimum Gasteiger partial charge on any atom is -0.493 e. The standard InChI is InChI=1S/C19H23N3O2/c23-19(16-5-7-18(8-6-16)24-13-15-3-4-15)21-10-1-2-17(12-21)22-11-9-20-14-22/h5-9,11,14-15,17H,1-4,10,12-13H2/t17-/m1/s1. The molecule has 2 fully saturated rings. The van der Waals surface area contributed by atoms with Crippen molar-refractivity contribution in [1.29, 1.82) is 0 Å². The number of ether oxygens (including phenoxy) is 1. The molecular formula is C19H23N3O2. The Balaban J connectivity index is 1.38. The predicted molar refractivity (Wildman–Crippen MR) is 91.1 cm³/mol. The van der Waals surface area contributed by atoms with Crippen molar-refractivity contribution >= 4 is 5.91 Å². The van der Waals surface area contributed by atoms with Gasteiger partial charge in [-0.3, -0.25) is 4.79 Å². The number of hydrogen-bond donors (Lipinski definition) is 0. The smallest absolute Gasteiger partial charge is 0.253 e. The Morgan fingerprint density at radius 2 is 2.04 bits per heavy atom. The number of hydrogen-bond acceptors (Lipinski definition) is 3. The van der Waals surface area contributed by atoms with E-state index >= 15 is 0 Å². The molecule has 1 saturated heterocycles. The molecule has 0 N–H and O–H groups in total. The van der Waals surface area contributed by atoms with E-state index in [1.54, 1.807) is 6.20 Å². The normalized spacial score (nSPS) is 20.8. The van der Waals surface area contributed by atoms with E-state index in [1.165, 1.54) is 12.8 Å². The van der Waals surface area contributed by atoms with Gasteiger partial charge in [0.1, 0.15) is 5.75 Å². The van der Waals surface area contributed by atoms with Gasteiger partial charge in [-0.15, -0.1) is 0 Å². The Morgan fingerprint density at radius 1 is 1.21 bits per heavy atom. The van der Waals surface area contributed by atoms with Gasteiger partial charge >= 0.3 is 0 Å². The van der Waals surface area contributed by atoms with Gasteiger partial charge in [0.2, 0.25) is 0 Å². The van der Waals surface area contributed by atoms with Gasteiger partial charge in [0.25, 0.3) is 5.91 Å². The second-order valence-corrected chi connectivity index (χ2v) is 6.84. The zero-order chi connectivity index (χ0) is 16.4. The highest BCUT2D eigenvalue weighted by molar-refractivity contribution is 5.94. The van der Waals surface area contributed by atoms with Crippen molar-refractivity contribution in [1.82, 2.24) is 14.5 Å². The third-order valence-electron chi connectivity index (χ3n) is 4.91. The van der Waals surface area contributed by atoms with Crippen LogP contribution in [0.5, 0.6) is 5.75 Å². The molecule has 1 aromatic heterocycles. The molecule has 1 saturated carbocycles. The third kappa shape index (κ3) is 3.45. The molecule has 2 aromatic rings. The molecule has 1 aromatic carbocycles. The van der Waals surface area contributed by atoms with Gasteiger partial charge in [0, 0.05) is 31.0 Å². The van der Waals surface area contributed by atoms with E-state index in [-0.39, 0.29) is 5.91 Å². The molecule has 0 unspecified atom stereocenters. The van der Waals surface area contributed by atoms with Crippen LogP contribution in [0, 0.1) is 5.92 Å². The fourth-order valence-electron chi connectivity index (χ4n) is 3.24. The average Bonchev–Trinajstić information content (AvgIpc) is 3.30. The molecule has 1 amide bonds. The Kier molecular flexibility index (Phi) is 4.24. The van der Waals surface area contributed by atoms with E-state index in [9.17, 15) is 4.79 Å². The second-order valence-electron chi connectivity index (χ2n) is 6.84. The van der Waals surface area contributed by atoms with Gasteiger partial charge in [0.15, 0.2) is 0 Å². The van der Waals surface area contributed by atoms with E-state index in [0.29, 0.717) is 6.04 Å². The quantitative estimate of drug-likeness (QED) is 0.848. The minimum absolute atomic E-state index is 0.105. The first-order chi connectivity index (χ1) is 11.8. The molecule has 5 heteroatoms. The van der Waals surface area contributed by atoms with Crippen LogP contribution in [0.1, 0.15) is 42.1 Å². The molecule has 1 atom stereocenters. The van der Waals surface area contributed by atoms with E-state index in [4.69, 9.17) is 4.74 Å². The molecule has 2 aliphatic rings. The number of nitrogens with zero attached hydrogens (tertiary/aromatic N) is 3. The van der Waals surface area contributed by atoms with Crippen molar-refractivity contribution in [2.24, 2.45) is 5.92 Å². The Labute approximate surface area is 142 Å². The average molecular weight is 325 g/mol. The first-order valence-electron chi connectivity index (χ1n) is 8.79. The largest absolute Gasteiger partial charge is 0.493 e. The van der Waals surface area contributed by atoms with Gasteiger partial charge < -0.3 is 14.2 Å². The molecule has 126 valence electrons. The number of likely N-dealkylation sites (tertiary alicyclic amines) is 1. The number of benzene rings is 1. The van der Waals surface area contributed by atoms with Crippen LogP contribution in [0.3, 0.4) is 0 Å². The second kappa shape index (κ2) is 6.67. The van der Waals surface area contributed by atoms with E-state index in [2.05, 4.69) is 9.55 Å². The molecule has 0 bridgehead atoms. The van der Waals surface area contributed by atoms with Crippen LogP contribution in [-0.2, 0) is 0 Å². The van der Waals surface area contributed by atoms with Gasteiger partial charge in [-0.05, 0) is 55.9 Å². The monoisotopic (exact) mass is 325 g/mol. The lowest BCUT2D eigenvalue weighted by molar-refractivity contribution is 0.0679. The molecule has 2 heterocycles. The molecule has 4 rings (SSSR count). The van der Waals surface area contributed by atoms with Crippen molar-refractivity contribution in [2.45, 2.75) is 31.7 Å². The fraction of sp³-hybridized carbons (Fsp3) is 0.474. The Morgan fingerprint density at radius 3 is 2.75 bits per heavy atom. The highest BCUT2D eigenvalue weighted by Gasteiger charge is 2.25. The maximum atomic E-state index is 12.8. The molecule has 1 aliphatic carbocycles. The van der Waals surface area contributed by atoms with Crippen LogP contribution in [0.25, 0.3) is 0 Å². The summed E-state index contributed by atoms with van der Waals surface area (Å²) in [6.07, 6.45) is 10.3. The lowest BCUT2D eigenvalue weighted by Gasteiger charge is -2.33. The van der Waals surface area contributed by atoms with Crippen molar-refractivity contribution in [3.05, 3.63) is 48.5 Å². The summed E-state index contributed by atoms with van der Waals surface area (Å²) in [6, 6.07) is 7.91. The molecule has 1 aliphatic heterocycles. The van der Waals surface area contributed by atoms with Crippen LogP contribution >= 0.6 is 0 Å². The van der Waals surface area contributed by atoms with Crippen LogP contribution in [-0.4, -0.2) is 40.1 Å². The summed E-state index contributed by atoms with van der Waals surface area (Å²) in [5.41, 5.74) is 0.736. The highest BCUT2D eigenvalue weighted by atomic mass is 16.5. The van der Waals surface area contributed by atoms with E-state index < -0.39 is 0 Å². The summed E-state index contributed by atoms with van der Waals surface area (Å²) in [6.45, 7) is 2.37. The number of carbonyl (C=O) groups is 1. The van der Waals surface area contributed by atoms with Crippen LogP contribution < -0.4 is 4.74 Å². The van der Waals surface area contributed by atoms with Crippen molar-refractivity contribution in [3.63, 3.8) is 0 Å². The van der Waals surface area contributed by atoms with Gasteiger partial charge in [-0.2, -0.15) is 0 Å². The van der Waals surface area contributed by atoms with Crippen LogP contribution in [0.4, 0.5) is 0 Å². The van der Waals surface area contributed by atoms with Crippen molar-refractivity contribution < 1.29 is 9.53 Å². The summed E-state index contributed by atoms with van der Waals surface area (Å²) in [5, 5.41) is 0. The van der Waals surface area contributed by atoms with Crippen molar-refractivity contribution in [2.75, 3.05) is 19.7 Å². The van der Waals surface area contributed by atoms with E-state index in [0.717, 1.165) is 49.8 Å². The third-order valence-corrected chi connectivity index (χ3v) is 4.91. The number of amides is 1. The lowest BCUT2D eigenvalue weighted by Crippen LogP contribution is -2.40. The zero-order valence-corrected chi connectivity index (χ0v) is 13.8. The summed E-state index contributed by atoms with van der Waals surface area (Å²) in [5.74, 6) is 1.70. The van der Waals surface area contributed by atoms with Crippen LogP contribution in [0.2, 0.25) is 0 Å². The maximum Gasteiger partial charge on any atom is 0.253 e. The topological polar surface area (TPSA) is 47.4 Å².